The lowest BCUT2D eigenvalue weighted by molar-refractivity contribution is -0.117. The minimum absolute atomic E-state index is 0.0344. The molecule has 9 heteroatoms. The number of para-hydroxylation sites is 1. The fraction of sp³-hybridized carbons (Fsp3) is 0.500. The predicted octanol–water partition coefficient (Wildman–Crippen LogP) is 3.86. The summed E-state index contributed by atoms with van der Waals surface area (Å²) in [6, 6.07) is 10.1. The molecule has 2 aromatic rings. The van der Waals surface area contributed by atoms with E-state index in [9.17, 15) is 4.79 Å². The number of nitrogens with one attached hydrogen (secondary N) is 2. The molecular weight excluding hydrogens is 488 g/mol. The van der Waals surface area contributed by atoms with Crippen molar-refractivity contribution in [1.82, 2.24) is 15.1 Å². The minimum atomic E-state index is 0.0344. The van der Waals surface area contributed by atoms with Gasteiger partial charge in [-0.25, -0.2) is 0 Å². The Hall–Kier alpha value is -3.04. The number of ether oxygens (including phenoxy) is 3. The van der Waals surface area contributed by atoms with Crippen molar-refractivity contribution in [2.75, 3.05) is 59.4 Å². The number of hydrogen-bond donors (Lipinski definition) is 2. The fourth-order valence-corrected chi connectivity index (χ4v) is 4.90. The number of carbonyl (C=O) groups is 1. The molecule has 0 saturated carbocycles. The number of amides is 1. The highest BCUT2D eigenvalue weighted by atomic mass is 32.1. The number of carbonyl (C=O) groups excluding carboxylic acids is 1. The van der Waals surface area contributed by atoms with Gasteiger partial charge in [0.05, 0.1) is 27.9 Å². The first-order valence-electron chi connectivity index (χ1n) is 12.9. The molecule has 0 atom stereocenters. The van der Waals surface area contributed by atoms with Crippen molar-refractivity contribution in [3.05, 3.63) is 47.0 Å². The summed E-state index contributed by atoms with van der Waals surface area (Å²) in [6.07, 6.45) is 2.72. The van der Waals surface area contributed by atoms with E-state index in [1.165, 1.54) is 11.1 Å². The van der Waals surface area contributed by atoms with Gasteiger partial charge in [0.15, 0.2) is 16.6 Å². The van der Waals surface area contributed by atoms with Gasteiger partial charge in [-0.3, -0.25) is 9.69 Å². The van der Waals surface area contributed by atoms with Gasteiger partial charge in [-0.05, 0) is 60.3 Å². The lowest BCUT2D eigenvalue weighted by atomic mass is 10.0. The predicted molar refractivity (Wildman–Crippen MR) is 152 cm³/mol. The van der Waals surface area contributed by atoms with Crippen LogP contribution in [0.15, 0.2) is 30.3 Å². The van der Waals surface area contributed by atoms with Crippen LogP contribution in [0.4, 0.5) is 5.69 Å². The van der Waals surface area contributed by atoms with Crippen LogP contribution in [-0.4, -0.2) is 74.9 Å². The second-order valence-corrected chi connectivity index (χ2v) is 9.40. The maximum Gasteiger partial charge on any atom is 0.238 e. The quantitative estimate of drug-likeness (QED) is 0.451. The van der Waals surface area contributed by atoms with E-state index in [1.54, 1.807) is 21.3 Å². The van der Waals surface area contributed by atoms with Gasteiger partial charge in [-0.15, -0.1) is 0 Å². The van der Waals surface area contributed by atoms with E-state index in [-0.39, 0.29) is 5.91 Å². The van der Waals surface area contributed by atoms with Crippen molar-refractivity contribution < 1.29 is 19.0 Å². The van der Waals surface area contributed by atoms with Crippen molar-refractivity contribution in [3.63, 3.8) is 0 Å². The molecule has 202 valence electrons. The highest BCUT2D eigenvalue weighted by Gasteiger charge is 2.20. The van der Waals surface area contributed by atoms with E-state index in [2.05, 4.69) is 52.5 Å². The van der Waals surface area contributed by atoms with Gasteiger partial charge in [0, 0.05) is 38.4 Å². The Kier molecular flexibility index (Phi) is 10.8. The number of hydrogen-bond acceptors (Lipinski definition) is 6. The third-order valence-corrected chi connectivity index (χ3v) is 7.08. The number of methoxy groups -OCH3 is 3. The van der Waals surface area contributed by atoms with Gasteiger partial charge in [-0.2, -0.15) is 0 Å². The highest BCUT2D eigenvalue weighted by molar-refractivity contribution is 7.80. The maximum atomic E-state index is 12.9. The Bertz CT molecular complexity index is 1030. The molecule has 0 bridgehead atoms. The van der Waals surface area contributed by atoms with Crippen molar-refractivity contribution in [3.8, 4) is 17.2 Å². The molecule has 1 saturated heterocycles. The van der Waals surface area contributed by atoms with Crippen molar-refractivity contribution in [2.24, 2.45) is 0 Å². The normalized spacial score (nSPS) is 14.0. The molecule has 1 heterocycles. The highest BCUT2D eigenvalue weighted by Crippen LogP contribution is 2.38. The molecule has 0 spiro atoms. The summed E-state index contributed by atoms with van der Waals surface area (Å²) >= 11 is 5.70. The molecule has 8 nitrogen and oxygen atoms in total. The smallest absolute Gasteiger partial charge is 0.238 e. The van der Waals surface area contributed by atoms with Gasteiger partial charge in [0.2, 0.25) is 11.7 Å². The first kappa shape index (κ1) is 28.5. The second-order valence-electron chi connectivity index (χ2n) is 9.02. The Morgan fingerprint density at radius 2 is 1.59 bits per heavy atom. The lowest BCUT2D eigenvalue weighted by Gasteiger charge is -2.25. The van der Waals surface area contributed by atoms with E-state index in [4.69, 9.17) is 26.4 Å². The van der Waals surface area contributed by atoms with E-state index in [0.717, 1.165) is 56.7 Å². The van der Waals surface area contributed by atoms with Gasteiger partial charge >= 0.3 is 0 Å². The molecule has 37 heavy (non-hydrogen) atoms. The van der Waals surface area contributed by atoms with Gasteiger partial charge < -0.3 is 29.7 Å². The topological polar surface area (TPSA) is 75.3 Å². The van der Waals surface area contributed by atoms with E-state index >= 15 is 0 Å². The molecule has 1 amide bonds. The Labute approximate surface area is 226 Å². The standard InChI is InChI=1S/C28H40N4O4S/c1-6-21-10-8-11-22(7-2)26(21)30-25(33)19-31-12-9-13-32(15-14-31)28(37)29-18-20-16-23(34-3)27(36-5)24(17-20)35-4/h8,10-11,16-17H,6-7,9,12-15,18-19H2,1-5H3,(H,29,37)(H,30,33). The van der Waals surface area contributed by atoms with Crippen LogP contribution >= 0.6 is 12.2 Å². The molecule has 1 fully saturated rings. The van der Waals surface area contributed by atoms with Crippen LogP contribution in [0.5, 0.6) is 17.2 Å². The summed E-state index contributed by atoms with van der Waals surface area (Å²) in [5, 5.41) is 7.24. The van der Waals surface area contributed by atoms with Gasteiger partial charge in [0.25, 0.3) is 0 Å². The number of nitrogens with zero attached hydrogens (tertiary/aromatic N) is 2. The molecule has 0 unspecified atom stereocenters. The van der Waals surface area contributed by atoms with Crippen molar-refractivity contribution >= 4 is 28.9 Å². The fourth-order valence-electron chi connectivity index (χ4n) is 4.64. The van der Waals surface area contributed by atoms with E-state index in [1.807, 2.05) is 12.1 Å². The third-order valence-electron chi connectivity index (χ3n) is 6.67. The Balaban J connectivity index is 1.54. The largest absolute Gasteiger partial charge is 0.493 e. The molecule has 2 aromatic carbocycles. The zero-order valence-corrected chi connectivity index (χ0v) is 23.5. The average molecular weight is 529 g/mol. The summed E-state index contributed by atoms with van der Waals surface area (Å²) in [6.45, 7) is 8.39. The van der Waals surface area contributed by atoms with Crippen LogP contribution in [0, 0.1) is 0 Å². The lowest BCUT2D eigenvalue weighted by Crippen LogP contribution is -2.42. The van der Waals surface area contributed by atoms with Crippen LogP contribution in [0.2, 0.25) is 0 Å². The molecule has 2 N–H and O–H groups in total. The SMILES string of the molecule is CCc1cccc(CC)c1NC(=O)CN1CCCN(C(=S)NCc2cc(OC)c(OC)c(OC)c2)CC1. The third kappa shape index (κ3) is 7.49. The van der Waals surface area contributed by atoms with Crippen LogP contribution in [-0.2, 0) is 24.2 Å². The molecule has 1 aliphatic heterocycles. The summed E-state index contributed by atoms with van der Waals surface area (Å²) < 4.78 is 16.3. The zero-order chi connectivity index (χ0) is 26.8. The van der Waals surface area contributed by atoms with Crippen molar-refractivity contribution in [2.45, 2.75) is 39.7 Å². The summed E-state index contributed by atoms with van der Waals surface area (Å²) in [5.41, 5.74) is 4.31. The summed E-state index contributed by atoms with van der Waals surface area (Å²) in [4.78, 5) is 17.3. The average Bonchev–Trinajstić information content (AvgIpc) is 3.16. The van der Waals surface area contributed by atoms with Crippen LogP contribution in [0.1, 0.15) is 37.0 Å². The zero-order valence-electron chi connectivity index (χ0n) is 22.7. The van der Waals surface area contributed by atoms with E-state index < -0.39 is 0 Å². The minimum Gasteiger partial charge on any atom is -0.493 e. The molecule has 0 aromatic heterocycles. The molecule has 3 rings (SSSR count). The molecule has 0 aliphatic carbocycles. The Morgan fingerprint density at radius 3 is 2.16 bits per heavy atom. The molecule has 1 aliphatic rings. The van der Waals surface area contributed by atoms with Crippen LogP contribution in [0.3, 0.4) is 0 Å². The van der Waals surface area contributed by atoms with Gasteiger partial charge in [-0.1, -0.05) is 32.0 Å². The van der Waals surface area contributed by atoms with Gasteiger partial charge in [0.1, 0.15) is 0 Å². The number of aryl methyl sites for hydroxylation is 2. The number of thiocarbonyl (C=S) groups is 1. The number of benzene rings is 2. The monoisotopic (exact) mass is 528 g/mol. The molecule has 0 radical (unpaired) electrons. The van der Waals surface area contributed by atoms with Crippen LogP contribution < -0.4 is 24.8 Å². The first-order chi connectivity index (χ1) is 17.9. The second kappa shape index (κ2) is 14.0. The van der Waals surface area contributed by atoms with E-state index in [0.29, 0.717) is 35.5 Å². The van der Waals surface area contributed by atoms with Crippen LogP contribution in [0.25, 0.3) is 0 Å². The van der Waals surface area contributed by atoms with Crippen molar-refractivity contribution in [1.29, 1.82) is 0 Å². The first-order valence-corrected chi connectivity index (χ1v) is 13.3. The number of rotatable bonds is 10. The summed E-state index contributed by atoms with van der Waals surface area (Å²) in [5.74, 6) is 1.82. The molecular formula is C28H40N4O4S. The maximum absolute atomic E-state index is 12.9. The number of anilines is 1. The Morgan fingerprint density at radius 1 is 0.946 bits per heavy atom. The summed E-state index contributed by atoms with van der Waals surface area (Å²) in [7, 11) is 4.80.